The van der Waals surface area contributed by atoms with Crippen molar-refractivity contribution in [3.63, 3.8) is 0 Å². The summed E-state index contributed by atoms with van der Waals surface area (Å²) < 4.78 is 10.7. The monoisotopic (exact) mass is 266 g/mol. The summed E-state index contributed by atoms with van der Waals surface area (Å²) in [6, 6.07) is 8.07. The Balaban J connectivity index is 2.18. The summed E-state index contributed by atoms with van der Waals surface area (Å²) in [6.07, 6.45) is 1.26. The molecule has 19 heavy (non-hydrogen) atoms. The maximum absolute atomic E-state index is 5.66. The van der Waals surface area contributed by atoms with Gasteiger partial charge in [0, 0.05) is 38.6 Å². The van der Waals surface area contributed by atoms with Crippen molar-refractivity contribution < 1.29 is 9.47 Å². The summed E-state index contributed by atoms with van der Waals surface area (Å²) in [5.41, 5.74) is 1.09. The third kappa shape index (κ3) is 7.70. The first-order chi connectivity index (χ1) is 9.22. The van der Waals surface area contributed by atoms with Gasteiger partial charge in [0.05, 0.1) is 6.10 Å². The van der Waals surface area contributed by atoms with E-state index in [9.17, 15) is 0 Å². The molecule has 0 saturated carbocycles. The summed E-state index contributed by atoms with van der Waals surface area (Å²) in [5.74, 6) is 0.910. The Hall–Kier alpha value is -1.26. The van der Waals surface area contributed by atoms with Crippen molar-refractivity contribution in [2.75, 3.05) is 38.7 Å². The van der Waals surface area contributed by atoms with Crippen LogP contribution in [0.2, 0.25) is 0 Å². The number of ether oxygens (including phenoxy) is 2. The van der Waals surface area contributed by atoms with Crippen LogP contribution < -0.4 is 15.4 Å². The second kappa shape index (κ2) is 9.64. The summed E-state index contributed by atoms with van der Waals surface area (Å²) >= 11 is 0. The molecule has 108 valence electrons. The number of methoxy groups -OCH3 is 1. The van der Waals surface area contributed by atoms with E-state index < -0.39 is 0 Å². The molecule has 0 fully saturated rings. The maximum Gasteiger partial charge on any atom is 0.121 e. The highest BCUT2D eigenvalue weighted by atomic mass is 16.5. The second-order valence-electron chi connectivity index (χ2n) is 4.72. The first-order valence-corrected chi connectivity index (χ1v) is 6.92. The average Bonchev–Trinajstić information content (AvgIpc) is 2.37. The fourth-order valence-corrected chi connectivity index (χ4v) is 1.71. The first-order valence-electron chi connectivity index (χ1n) is 6.92. The SMILES string of the molecule is COCCCNCCNc1cccc(OC(C)C)c1. The van der Waals surface area contributed by atoms with E-state index in [0.29, 0.717) is 0 Å². The number of hydrogen-bond acceptors (Lipinski definition) is 4. The lowest BCUT2D eigenvalue weighted by Gasteiger charge is -2.12. The van der Waals surface area contributed by atoms with Crippen LogP contribution in [0.3, 0.4) is 0 Å². The predicted molar refractivity (Wildman–Crippen MR) is 80.1 cm³/mol. The van der Waals surface area contributed by atoms with Gasteiger partial charge in [0.15, 0.2) is 0 Å². The lowest BCUT2D eigenvalue weighted by atomic mass is 10.3. The van der Waals surface area contributed by atoms with E-state index in [1.54, 1.807) is 7.11 Å². The molecule has 0 atom stereocenters. The Morgan fingerprint density at radius 3 is 2.74 bits per heavy atom. The molecule has 0 aliphatic heterocycles. The molecule has 1 aromatic carbocycles. The van der Waals surface area contributed by atoms with E-state index in [2.05, 4.69) is 16.7 Å². The van der Waals surface area contributed by atoms with Crippen molar-refractivity contribution in [1.82, 2.24) is 5.32 Å². The molecule has 0 bridgehead atoms. The van der Waals surface area contributed by atoms with Crippen LogP contribution in [0, 0.1) is 0 Å². The van der Waals surface area contributed by atoms with Gasteiger partial charge in [-0.25, -0.2) is 0 Å². The van der Waals surface area contributed by atoms with E-state index in [0.717, 1.165) is 44.1 Å². The molecule has 0 spiro atoms. The van der Waals surface area contributed by atoms with Crippen LogP contribution in [0.5, 0.6) is 5.75 Å². The minimum atomic E-state index is 0.206. The number of hydrogen-bond donors (Lipinski definition) is 2. The first kappa shape index (κ1) is 15.8. The number of anilines is 1. The molecule has 0 heterocycles. The van der Waals surface area contributed by atoms with Crippen LogP contribution in [-0.4, -0.2) is 39.5 Å². The van der Waals surface area contributed by atoms with Crippen LogP contribution in [-0.2, 0) is 4.74 Å². The van der Waals surface area contributed by atoms with Gasteiger partial charge in [-0.1, -0.05) is 6.07 Å². The Labute approximate surface area is 116 Å². The van der Waals surface area contributed by atoms with Gasteiger partial charge in [-0.15, -0.1) is 0 Å². The van der Waals surface area contributed by atoms with Crippen molar-refractivity contribution in [3.8, 4) is 5.75 Å². The van der Waals surface area contributed by atoms with Crippen molar-refractivity contribution in [3.05, 3.63) is 24.3 Å². The number of rotatable bonds is 10. The normalized spacial score (nSPS) is 10.7. The zero-order valence-electron chi connectivity index (χ0n) is 12.2. The zero-order valence-corrected chi connectivity index (χ0v) is 12.2. The molecule has 0 unspecified atom stereocenters. The minimum absolute atomic E-state index is 0.206. The highest BCUT2D eigenvalue weighted by Crippen LogP contribution is 2.18. The fraction of sp³-hybridized carbons (Fsp3) is 0.600. The maximum atomic E-state index is 5.66. The van der Waals surface area contributed by atoms with Crippen LogP contribution in [0.1, 0.15) is 20.3 Å². The van der Waals surface area contributed by atoms with Crippen molar-refractivity contribution >= 4 is 5.69 Å². The standard InChI is InChI=1S/C15H26N2O2/c1-13(2)19-15-7-4-6-14(12-15)17-10-9-16-8-5-11-18-3/h4,6-7,12-13,16-17H,5,8-11H2,1-3H3. The molecule has 0 aromatic heterocycles. The number of nitrogens with one attached hydrogen (secondary N) is 2. The molecule has 4 nitrogen and oxygen atoms in total. The zero-order chi connectivity index (χ0) is 13.9. The lowest BCUT2D eigenvalue weighted by Crippen LogP contribution is -2.23. The molecular weight excluding hydrogens is 240 g/mol. The molecule has 0 amide bonds. The average molecular weight is 266 g/mol. The third-order valence-corrected chi connectivity index (χ3v) is 2.54. The molecule has 4 heteroatoms. The van der Waals surface area contributed by atoms with E-state index in [-0.39, 0.29) is 6.10 Å². The van der Waals surface area contributed by atoms with E-state index in [4.69, 9.17) is 9.47 Å². The highest BCUT2D eigenvalue weighted by molar-refractivity contribution is 5.48. The second-order valence-corrected chi connectivity index (χ2v) is 4.72. The molecule has 1 rings (SSSR count). The Kier molecular flexibility index (Phi) is 8.02. The molecule has 0 aliphatic rings. The van der Waals surface area contributed by atoms with Gasteiger partial charge < -0.3 is 20.1 Å². The summed E-state index contributed by atoms with van der Waals surface area (Å²) in [7, 11) is 1.73. The summed E-state index contributed by atoms with van der Waals surface area (Å²) in [5, 5.41) is 6.74. The highest BCUT2D eigenvalue weighted by Gasteiger charge is 1.98. The number of benzene rings is 1. The quantitative estimate of drug-likeness (QED) is 0.639. The van der Waals surface area contributed by atoms with Gasteiger partial charge in [-0.2, -0.15) is 0 Å². The predicted octanol–water partition coefficient (Wildman–Crippen LogP) is 2.51. The third-order valence-electron chi connectivity index (χ3n) is 2.54. The van der Waals surface area contributed by atoms with Crippen LogP contribution >= 0.6 is 0 Å². The van der Waals surface area contributed by atoms with E-state index >= 15 is 0 Å². The van der Waals surface area contributed by atoms with Gasteiger partial charge in [-0.3, -0.25) is 0 Å². The van der Waals surface area contributed by atoms with E-state index in [1.807, 2.05) is 32.0 Å². The Morgan fingerprint density at radius 1 is 1.16 bits per heavy atom. The molecule has 0 radical (unpaired) electrons. The van der Waals surface area contributed by atoms with Gasteiger partial charge >= 0.3 is 0 Å². The molecule has 0 saturated heterocycles. The molecule has 2 N–H and O–H groups in total. The Bertz CT molecular complexity index is 343. The van der Waals surface area contributed by atoms with Crippen molar-refractivity contribution in [2.24, 2.45) is 0 Å². The van der Waals surface area contributed by atoms with Gasteiger partial charge in [0.1, 0.15) is 5.75 Å². The van der Waals surface area contributed by atoms with Crippen molar-refractivity contribution in [1.29, 1.82) is 0 Å². The lowest BCUT2D eigenvalue weighted by molar-refractivity contribution is 0.194. The minimum Gasteiger partial charge on any atom is -0.491 e. The molecule has 0 aliphatic carbocycles. The summed E-state index contributed by atoms with van der Waals surface area (Å²) in [6.45, 7) is 7.71. The Morgan fingerprint density at radius 2 is 2.00 bits per heavy atom. The summed E-state index contributed by atoms with van der Waals surface area (Å²) in [4.78, 5) is 0. The largest absolute Gasteiger partial charge is 0.491 e. The topological polar surface area (TPSA) is 42.5 Å². The van der Waals surface area contributed by atoms with E-state index in [1.165, 1.54) is 0 Å². The van der Waals surface area contributed by atoms with Crippen molar-refractivity contribution in [2.45, 2.75) is 26.4 Å². The van der Waals surface area contributed by atoms with Crippen LogP contribution in [0.4, 0.5) is 5.69 Å². The fourth-order valence-electron chi connectivity index (χ4n) is 1.71. The van der Waals surface area contributed by atoms with Gasteiger partial charge in [0.25, 0.3) is 0 Å². The molecule has 1 aromatic rings. The smallest absolute Gasteiger partial charge is 0.121 e. The van der Waals surface area contributed by atoms with Crippen LogP contribution in [0.15, 0.2) is 24.3 Å². The van der Waals surface area contributed by atoms with Gasteiger partial charge in [-0.05, 0) is 38.9 Å². The molecular formula is C15H26N2O2. The van der Waals surface area contributed by atoms with Crippen LogP contribution in [0.25, 0.3) is 0 Å². The van der Waals surface area contributed by atoms with Gasteiger partial charge in [0.2, 0.25) is 0 Å².